The van der Waals surface area contributed by atoms with Crippen molar-refractivity contribution in [2.24, 2.45) is 0 Å². The standard InChI is InChI=1S/C11H11Cl2NO3/c12-8-1-7(2-9(13)3-8)4-14-10(5-15)6-17-11(14)16/h1-3,10,15H,4-6H2/t10-/m0/s1. The molecule has 0 aliphatic carbocycles. The molecule has 0 saturated carbocycles. The van der Waals surface area contributed by atoms with Crippen molar-refractivity contribution in [3.63, 3.8) is 0 Å². The third-order valence-corrected chi connectivity index (χ3v) is 3.00. The maximum absolute atomic E-state index is 11.4. The first-order valence-electron chi connectivity index (χ1n) is 5.09. The third kappa shape index (κ3) is 2.83. The molecular weight excluding hydrogens is 265 g/mol. The lowest BCUT2D eigenvalue weighted by molar-refractivity contribution is 0.151. The van der Waals surface area contributed by atoms with Gasteiger partial charge in [0.15, 0.2) is 0 Å². The second kappa shape index (κ2) is 5.12. The fraction of sp³-hybridized carbons (Fsp3) is 0.364. The number of aliphatic hydroxyl groups excluding tert-OH is 1. The van der Waals surface area contributed by atoms with Gasteiger partial charge in [-0.15, -0.1) is 0 Å². The molecule has 17 heavy (non-hydrogen) atoms. The van der Waals surface area contributed by atoms with Crippen molar-refractivity contribution in [3.8, 4) is 0 Å². The number of cyclic esters (lactones) is 1. The molecule has 0 unspecified atom stereocenters. The van der Waals surface area contributed by atoms with Gasteiger partial charge in [0, 0.05) is 16.6 Å². The van der Waals surface area contributed by atoms with Crippen molar-refractivity contribution in [3.05, 3.63) is 33.8 Å². The molecule has 1 fully saturated rings. The van der Waals surface area contributed by atoms with E-state index in [4.69, 9.17) is 33.0 Å². The molecule has 1 amide bonds. The van der Waals surface area contributed by atoms with Crippen LogP contribution in [0, 0.1) is 0 Å². The van der Waals surface area contributed by atoms with Gasteiger partial charge in [-0.05, 0) is 23.8 Å². The number of aliphatic hydroxyl groups is 1. The minimum Gasteiger partial charge on any atom is -0.447 e. The smallest absolute Gasteiger partial charge is 0.410 e. The summed E-state index contributed by atoms with van der Waals surface area (Å²) >= 11 is 11.7. The first kappa shape index (κ1) is 12.5. The molecule has 6 heteroatoms. The molecule has 1 aliphatic heterocycles. The molecule has 1 aromatic carbocycles. The lowest BCUT2D eigenvalue weighted by Crippen LogP contribution is -2.35. The van der Waals surface area contributed by atoms with E-state index in [2.05, 4.69) is 0 Å². The summed E-state index contributed by atoms with van der Waals surface area (Å²) in [6.45, 7) is 0.411. The van der Waals surface area contributed by atoms with E-state index in [1.165, 1.54) is 4.90 Å². The van der Waals surface area contributed by atoms with Crippen molar-refractivity contribution < 1.29 is 14.6 Å². The Balaban J connectivity index is 2.16. The van der Waals surface area contributed by atoms with Crippen molar-refractivity contribution in [2.45, 2.75) is 12.6 Å². The van der Waals surface area contributed by atoms with Gasteiger partial charge in [0.05, 0.1) is 12.6 Å². The number of ether oxygens (including phenoxy) is 1. The summed E-state index contributed by atoms with van der Waals surface area (Å²) < 4.78 is 4.86. The van der Waals surface area contributed by atoms with E-state index in [-0.39, 0.29) is 19.3 Å². The van der Waals surface area contributed by atoms with Crippen LogP contribution in [0.4, 0.5) is 4.79 Å². The van der Waals surface area contributed by atoms with Crippen LogP contribution < -0.4 is 0 Å². The van der Waals surface area contributed by atoms with Crippen molar-refractivity contribution in [2.75, 3.05) is 13.2 Å². The zero-order valence-electron chi connectivity index (χ0n) is 8.90. The second-order valence-electron chi connectivity index (χ2n) is 3.82. The number of halogens is 2. The highest BCUT2D eigenvalue weighted by Gasteiger charge is 2.32. The Kier molecular flexibility index (Phi) is 3.76. The Morgan fingerprint density at radius 3 is 2.59 bits per heavy atom. The number of rotatable bonds is 3. The van der Waals surface area contributed by atoms with Gasteiger partial charge in [-0.2, -0.15) is 0 Å². The third-order valence-electron chi connectivity index (χ3n) is 2.56. The Bertz CT molecular complexity index is 418. The first-order valence-corrected chi connectivity index (χ1v) is 5.85. The molecule has 1 aromatic rings. The molecule has 0 radical (unpaired) electrons. The number of hydrogen-bond acceptors (Lipinski definition) is 3. The van der Waals surface area contributed by atoms with Gasteiger partial charge >= 0.3 is 6.09 Å². The fourth-order valence-electron chi connectivity index (χ4n) is 1.73. The minimum absolute atomic E-state index is 0.125. The van der Waals surface area contributed by atoms with Gasteiger partial charge in [0.2, 0.25) is 0 Å². The Hall–Kier alpha value is -0.970. The summed E-state index contributed by atoms with van der Waals surface area (Å²) in [7, 11) is 0. The Morgan fingerprint density at radius 1 is 1.35 bits per heavy atom. The Morgan fingerprint density at radius 2 is 2.00 bits per heavy atom. The van der Waals surface area contributed by atoms with E-state index in [1.54, 1.807) is 18.2 Å². The van der Waals surface area contributed by atoms with Crippen LogP contribution in [0.5, 0.6) is 0 Å². The summed E-state index contributed by atoms with van der Waals surface area (Å²) in [5.41, 5.74) is 0.805. The van der Waals surface area contributed by atoms with Crippen molar-refractivity contribution in [1.82, 2.24) is 4.90 Å². The molecule has 0 aromatic heterocycles. The summed E-state index contributed by atoms with van der Waals surface area (Å²) in [5, 5.41) is 10.1. The van der Waals surface area contributed by atoms with Crippen LogP contribution in [-0.2, 0) is 11.3 Å². The van der Waals surface area contributed by atoms with Gasteiger partial charge in [-0.3, -0.25) is 4.90 Å². The van der Waals surface area contributed by atoms with Gasteiger partial charge in [-0.1, -0.05) is 23.2 Å². The number of amides is 1. The average molecular weight is 276 g/mol. The van der Waals surface area contributed by atoms with E-state index in [0.717, 1.165) is 5.56 Å². The average Bonchev–Trinajstić information content (AvgIpc) is 2.59. The number of hydrogen-bond donors (Lipinski definition) is 1. The van der Waals surface area contributed by atoms with Crippen molar-refractivity contribution >= 4 is 29.3 Å². The largest absolute Gasteiger partial charge is 0.447 e. The Labute approximate surface area is 109 Å². The van der Waals surface area contributed by atoms with Crippen LogP contribution in [0.2, 0.25) is 10.0 Å². The van der Waals surface area contributed by atoms with E-state index < -0.39 is 6.09 Å². The molecule has 1 atom stereocenters. The van der Waals surface area contributed by atoms with E-state index in [9.17, 15) is 4.79 Å². The lowest BCUT2D eigenvalue weighted by atomic mass is 10.2. The highest BCUT2D eigenvalue weighted by atomic mass is 35.5. The summed E-state index contributed by atoms with van der Waals surface area (Å²) in [4.78, 5) is 12.9. The highest BCUT2D eigenvalue weighted by molar-refractivity contribution is 6.34. The molecule has 1 heterocycles. The monoisotopic (exact) mass is 275 g/mol. The SMILES string of the molecule is O=C1OC[C@H](CO)N1Cc1cc(Cl)cc(Cl)c1. The number of carbonyl (C=O) groups is 1. The maximum Gasteiger partial charge on any atom is 0.410 e. The van der Waals surface area contributed by atoms with Crippen molar-refractivity contribution in [1.29, 1.82) is 0 Å². The fourth-order valence-corrected chi connectivity index (χ4v) is 2.30. The molecular formula is C11H11Cl2NO3. The molecule has 0 spiro atoms. The van der Waals surface area contributed by atoms with Gasteiger partial charge < -0.3 is 9.84 Å². The van der Waals surface area contributed by atoms with E-state index in [1.807, 2.05) is 0 Å². The van der Waals surface area contributed by atoms with Gasteiger partial charge in [0.25, 0.3) is 0 Å². The second-order valence-corrected chi connectivity index (χ2v) is 4.69. The quantitative estimate of drug-likeness (QED) is 0.921. The molecule has 4 nitrogen and oxygen atoms in total. The minimum atomic E-state index is -0.430. The molecule has 1 saturated heterocycles. The summed E-state index contributed by atoms with van der Waals surface area (Å²) in [5.74, 6) is 0. The normalized spacial score (nSPS) is 19.6. The topological polar surface area (TPSA) is 49.8 Å². The maximum atomic E-state index is 11.4. The first-order chi connectivity index (χ1) is 8.10. The van der Waals surface area contributed by atoms with Crippen LogP contribution in [0.25, 0.3) is 0 Å². The van der Waals surface area contributed by atoms with Crippen LogP contribution in [0.3, 0.4) is 0 Å². The van der Waals surface area contributed by atoms with Crippen LogP contribution in [0.1, 0.15) is 5.56 Å². The van der Waals surface area contributed by atoms with Crippen LogP contribution in [-0.4, -0.2) is 35.4 Å². The number of carbonyl (C=O) groups excluding carboxylic acids is 1. The predicted octanol–water partition coefficient (Wildman–Crippen LogP) is 2.31. The summed E-state index contributed by atoms with van der Waals surface area (Å²) in [6, 6.07) is 4.78. The summed E-state index contributed by atoms with van der Waals surface area (Å²) in [6.07, 6.45) is -0.430. The number of nitrogens with zero attached hydrogens (tertiary/aromatic N) is 1. The lowest BCUT2D eigenvalue weighted by Gasteiger charge is -2.19. The molecule has 1 N–H and O–H groups in total. The van der Waals surface area contributed by atoms with E-state index in [0.29, 0.717) is 16.6 Å². The van der Waals surface area contributed by atoms with E-state index >= 15 is 0 Å². The molecule has 1 aliphatic rings. The van der Waals surface area contributed by atoms with Crippen LogP contribution >= 0.6 is 23.2 Å². The van der Waals surface area contributed by atoms with Crippen LogP contribution in [0.15, 0.2) is 18.2 Å². The zero-order chi connectivity index (χ0) is 12.4. The molecule has 92 valence electrons. The number of benzene rings is 1. The zero-order valence-corrected chi connectivity index (χ0v) is 10.4. The van der Waals surface area contributed by atoms with Gasteiger partial charge in [0.1, 0.15) is 6.61 Å². The highest BCUT2D eigenvalue weighted by Crippen LogP contribution is 2.22. The van der Waals surface area contributed by atoms with Gasteiger partial charge in [-0.25, -0.2) is 4.79 Å². The predicted molar refractivity (Wildman–Crippen MR) is 64.2 cm³/mol. The molecule has 0 bridgehead atoms. The molecule has 2 rings (SSSR count).